The Morgan fingerprint density at radius 1 is 1.06 bits per heavy atom. The predicted octanol–water partition coefficient (Wildman–Crippen LogP) is 4.51. The number of alkyl halides is 2. The van der Waals surface area contributed by atoms with Gasteiger partial charge in [-0.05, 0) is 25.7 Å². The second-order valence-electron chi connectivity index (χ2n) is 4.38. The molecule has 0 heterocycles. The van der Waals surface area contributed by atoms with Crippen LogP contribution in [0.3, 0.4) is 0 Å². The summed E-state index contributed by atoms with van der Waals surface area (Å²) in [6.45, 7) is 2.17. The van der Waals surface area contributed by atoms with E-state index in [-0.39, 0.29) is 16.7 Å². The fourth-order valence-electron chi connectivity index (χ4n) is 1.65. The minimum Gasteiger partial charge on any atom is -0.469 e. The summed E-state index contributed by atoms with van der Waals surface area (Å²) >= 11 is 12.3. The SMILES string of the molecule is CCCCC(Cl)CCCC(Cl)CCC(=O)OC. The molecule has 0 N–H and O–H groups in total. The second-order valence-corrected chi connectivity index (χ2v) is 5.62. The van der Waals surface area contributed by atoms with Gasteiger partial charge in [0, 0.05) is 17.2 Å². The highest BCUT2D eigenvalue weighted by atomic mass is 35.5. The highest BCUT2D eigenvalue weighted by molar-refractivity contribution is 6.21. The topological polar surface area (TPSA) is 26.3 Å². The Morgan fingerprint density at radius 2 is 1.59 bits per heavy atom. The van der Waals surface area contributed by atoms with Crippen LogP contribution in [0, 0.1) is 0 Å². The van der Waals surface area contributed by atoms with Gasteiger partial charge in [0.05, 0.1) is 7.11 Å². The summed E-state index contributed by atoms with van der Waals surface area (Å²) in [6, 6.07) is 0. The summed E-state index contributed by atoms with van der Waals surface area (Å²) in [5.74, 6) is -0.186. The van der Waals surface area contributed by atoms with Crippen molar-refractivity contribution in [2.75, 3.05) is 7.11 Å². The van der Waals surface area contributed by atoms with Crippen LogP contribution in [0.25, 0.3) is 0 Å². The fourth-order valence-corrected chi connectivity index (χ4v) is 2.22. The van der Waals surface area contributed by atoms with Crippen molar-refractivity contribution in [2.45, 2.75) is 69.0 Å². The first-order valence-electron chi connectivity index (χ1n) is 6.45. The molecule has 0 aromatic heterocycles. The molecular formula is C13H24Cl2O2. The average Bonchev–Trinajstić information content (AvgIpc) is 2.33. The maximum atomic E-state index is 10.9. The van der Waals surface area contributed by atoms with Gasteiger partial charge in [0.25, 0.3) is 0 Å². The predicted molar refractivity (Wildman–Crippen MR) is 73.9 cm³/mol. The molecule has 0 radical (unpaired) electrons. The molecule has 0 amide bonds. The summed E-state index contributed by atoms with van der Waals surface area (Å²) < 4.78 is 4.57. The quantitative estimate of drug-likeness (QED) is 0.435. The number of carbonyl (C=O) groups excluding carboxylic acids is 1. The molecule has 0 bridgehead atoms. The summed E-state index contributed by atoms with van der Waals surface area (Å²) in [4.78, 5) is 10.9. The second kappa shape index (κ2) is 11.2. The van der Waals surface area contributed by atoms with Crippen LogP contribution in [-0.2, 0) is 9.53 Å². The molecule has 0 aliphatic rings. The smallest absolute Gasteiger partial charge is 0.305 e. The number of unbranched alkanes of at least 4 members (excludes halogenated alkanes) is 1. The Kier molecular flexibility index (Phi) is 11.2. The van der Waals surface area contributed by atoms with E-state index < -0.39 is 0 Å². The van der Waals surface area contributed by atoms with Gasteiger partial charge in [-0.1, -0.05) is 26.2 Å². The van der Waals surface area contributed by atoms with Gasteiger partial charge in [0.2, 0.25) is 0 Å². The van der Waals surface area contributed by atoms with Crippen molar-refractivity contribution >= 4 is 29.2 Å². The molecule has 102 valence electrons. The van der Waals surface area contributed by atoms with Crippen molar-refractivity contribution in [3.63, 3.8) is 0 Å². The van der Waals surface area contributed by atoms with E-state index in [4.69, 9.17) is 23.2 Å². The molecule has 0 saturated carbocycles. The first kappa shape index (κ1) is 17.1. The Bertz CT molecular complexity index is 198. The zero-order chi connectivity index (χ0) is 13.1. The van der Waals surface area contributed by atoms with Gasteiger partial charge in [0.1, 0.15) is 0 Å². The minimum atomic E-state index is -0.186. The molecular weight excluding hydrogens is 259 g/mol. The number of methoxy groups -OCH3 is 1. The van der Waals surface area contributed by atoms with E-state index in [1.54, 1.807) is 0 Å². The van der Waals surface area contributed by atoms with Crippen molar-refractivity contribution < 1.29 is 9.53 Å². The molecule has 0 saturated heterocycles. The molecule has 2 nitrogen and oxygen atoms in total. The standard InChI is InChI=1S/C13H24Cl2O2/c1-3-4-6-11(14)7-5-8-12(15)9-10-13(16)17-2/h11-12H,3-10H2,1-2H3. The Balaban J connectivity index is 3.43. The van der Waals surface area contributed by atoms with Crippen LogP contribution >= 0.6 is 23.2 Å². The third-order valence-electron chi connectivity index (χ3n) is 2.79. The van der Waals surface area contributed by atoms with Crippen molar-refractivity contribution in [3.05, 3.63) is 0 Å². The highest BCUT2D eigenvalue weighted by Gasteiger charge is 2.10. The Morgan fingerprint density at radius 3 is 2.12 bits per heavy atom. The van der Waals surface area contributed by atoms with E-state index in [2.05, 4.69) is 11.7 Å². The zero-order valence-electron chi connectivity index (χ0n) is 10.9. The third-order valence-corrected chi connectivity index (χ3v) is 3.67. The first-order valence-corrected chi connectivity index (χ1v) is 7.32. The monoisotopic (exact) mass is 282 g/mol. The van der Waals surface area contributed by atoms with Crippen molar-refractivity contribution in [1.29, 1.82) is 0 Å². The van der Waals surface area contributed by atoms with E-state index in [9.17, 15) is 4.79 Å². The third kappa shape index (κ3) is 10.9. The number of rotatable bonds is 10. The summed E-state index contributed by atoms with van der Waals surface area (Å²) in [5, 5.41) is 0.337. The molecule has 0 aliphatic carbocycles. The highest BCUT2D eigenvalue weighted by Crippen LogP contribution is 2.19. The molecule has 0 aromatic rings. The lowest BCUT2D eigenvalue weighted by Crippen LogP contribution is -2.07. The van der Waals surface area contributed by atoms with Gasteiger partial charge in [-0.25, -0.2) is 0 Å². The lowest BCUT2D eigenvalue weighted by atomic mass is 10.1. The molecule has 17 heavy (non-hydrogen) atoms. The number of hydrogen-bond acceptors (Lipinski definition) is 2. The maximum Gasteiger partial charge on any atom is 0.305 e. The molecule has 2 atom stereocenters. The van der Waals surface area contributed by atoms with Crippen LogP contribution in [0.4, 0.5) is 0 Å². The molecule has 4 heteroatoms. The number of halogens is 2. The Hall–Kier alpha value is 0.0500. The number of esters is 1. The lowest BCUT2D eigenvalue weighted by molar-refractivity contribution is -0.140. The Labute approximate surface area is 115 Å². The van der Waals surface area contributed by atoms with Crippen molar-refractivity contribution in [2.24, 2.45) is 0 Å². The van der Waals surface area contributed by atoms with E-state index in [0.29, 0.717) is 12.8 Å². The van der Waals surface area contributed by atoms with Crippen LogP contribution in [0.2, 0.25) is 0 Å². The number of carbonyl (C=O) groups is 1. The summed E-state index contributed by atoms with van der Waals surface area (Å²) in [5.41, 5.74) is 0. The van der Waals surface area contributed by atoms with Gasteiger partial charge in [-0.15, -0.1) is 23.2 Å². The van der Waals surface area contributed by atoms with Gasteiger partial charge < -0.3 is 4.74 Å². The average molecular weight is 283 g/mol. The summed E-state index contributed by atoms with van der Waals surface area (Å²) in [7, 11) is 1.40. The normalized spacial score (nSPS) is 14.4. The van der Waals surface area contributed by atoms with Gasteiger partial charge >= 0.3 is 5.97 Å². The number of ether oxygens (including phenoxy) is 1. The van der Waals surface area contributed by atoms with Crippen LogP contribution in [0.15, 0.2) is 0 Å². The molecule has 0 rings (SSSR count). The maximum absolute atomic E-state index is 10.9. The largest absolute Gasteiger partial charge is 0.469 e. The molecule has 0 aromatic carbocycles. The van der Waals surface area contributed by atoms with Crippen LogP contribution in [-0.4, -0.2) is 23.8 Å². The van der Waals surface area contributed by atoms with Gasteiger partial charge in [0.15, 0.2) is 0 Å². The fraction of sp³-hybridized carbons (Fsp3) is 0.923. The molecule has 0 spiro atoms. The van der Waals surface area contributed by atoms with Crippen LogP contribution in [0.1, 0.15) is 58.3 Å². The van der Waals surface area contributed by atoms with Crippen LogP contribution in [0.5, 0.6) is 0 Å². The lowest BCUT2D eigenvalue weighted by Gasteiger charge is -2.11. The van der Waals surface area contributed by atoms with Gasteiger partial charge in [-0.2, -0.15) is 0 Å². The molecule has 0 aliphatic heterocycles. The molecule has 2 unspecified atom stereocenters. The van der Waals surface area contributed by atoms with Gasteiger partial charge in [-0.3, -0.25) is 4.79 Å². The molecule has 0 fully saturated rings. The first-order chi connectivity index (χ1) is 8.10. The minimum absolute atomic E-state index is 0.0594. The zero-order valence-corrected chi connectivity index (χ0v) is 12.4. The summed E-state index contributed by atoms with van der Waals surface area (Å²) in [6.07, 6.45) is 7.56. The number of hydrogen-bond donors (Lipinski definition) is 0. The van der Waals surface area contributed by atoms with E-state index in [0.717, 1.165) is 25.7 Å². The van der Waals surface area contributed by atoms with E-state index in [1.165, 1.54) is 20.0 Å². The van der Waals surface area contributed by atoms with Crippen molar-refractivity contribution in [3.8, 4) is 0 Å². The van der Waals surface area contributed by atoms with Crippen LogP contribution < -0.4 is 0 Å². The van der Waals surface area contributed by atoms with E-state index >= 15 is 0 Å². The van der Waals surface area contributed by atoms with E-state index in [1.807, 2.05) is 0 Å². The van der Waals surface area contributed by atoms with Crippen molar-refractivity contribution in [1.82, 2.24) is 0 Å².